The van der Waals surface area contributed by atoms with Gasteiger partial charge in [-0.25, -0.2) is 0 Å². The Morgan fingerprint density at radius 3 is 2.72 bits per heavy atom. The van der Waals surface area contributed by atoms with Crippen LogP contribution in [-0.2, 0) is 6.42 Å². The third-order valence-corrected chi connectivity index (χ3v) is 4.58. The summed E-state index contributed by atoms with van der Waals surface area (Å²) in [6.45, 7) is 2.94. The molecule has 3 N–H and O–H groups in total. The first kappa shape index (κ1) is 17.3. The lowest BCUT2D eigenvalue weighted by molar-refractivity contribution is 0.919. The number of nitrogens with two attached hydrogens (primary N) is 1. The third-order valence-electron chi connectivity index (χ3n) is 4.58. The molecule has 0 aliphatic heterocycles. The topological polar surface area (TPSA) is 38.0 Å². The molecule has 0 amide bonds. The maximum Gasteiger partial charge on any atom is 0.0362 e. The Hall–Kier alpha value is -2.50. The van der Waals surface area contributed by atoms with Crippen LogP contribution in [0.2, 0.25) is 0 Å². The summed E-state index contributed by atoms with van der Waals surface area (Å²) in [5.74, 6) is 7.28. The fourth-order valence-electron chi connectivity index (χ4n) is 2.87. The molecule has 0 unspecified atom stereocenters. The summed E-state index contributed by atoms with van der Waals surface area (Å²) >= 11 is 0. The molecule has 2 nitrogen and oxygen atoms in total. The van der Waals surface area contributed by atoms with Crippen LogP contribution in [0.4, 0.5) is 0 Å². The molecule has 1 fully saturated rings. The molecule has 0 heterocycles. The van der Waals surface area contributed by atoms with Crippen molar-refractivity contribution in [3.8, 4) is 11.8 Å². The van der Waals surface area contributed by atoms with Gasteiger partial charge in [0.2, 0.25) is 0 Å². The van der Waals surface area contributed by atoms with Crippen molar-refractivity contribution >= 4 is 5.70 Å². The Kier molecular flexibility index (Phi) is 5.58. The second-order valence-corrected chi connectivity index (χ2v) is 6.74. The maximum absolute atomic E-state index is 6.27. The van der Waals surface area contributed by atoms with Gasteiger partial charge in [-0.2, -0.15) is 0 Å². The van der Waals surface area contributed by atoms with E-state index in [1.807, 2.05) is 19.2 Å². The minimum absolute atomic E-state index is 0.638. The van der Waals surface area contributed by atoms with E-state index < -0.39 is 0 Å². The molecule has 0 radical (unpaired) electrons. The Bertz CT molecular complexity index is 833. The summed E-state index contributed by atoms with van der Waals surface area (Å²) in [6, 6.07) is 14.9. The highest BCUT2D eigenvalue weighted by Gasteiger charge is 2.17. The lowest BCUT2D eigenvalue weighted by atomic mass is 9.94. The molecule has 2 heteroatoms. The first-order valence-corrected chi connectivity index (χ1v) is 8.97. The van der Waals surface area contributed by atoms with Crippen molar-refractivity contribution in [3.63, 3.8) is 0 Å². The number of rotatable bonds is 5. The average Bonchev–Trinajstić information content (AvgIpc) is 3.45. The van der Waals surface area contributed by atoms with Crippen LogP contribution in [0.1, 0.15) is 40.7 Å². The minimum Gasteiger partial charge on any atom is -0.398 e. The van der Waals surface area contributed by atoms with Gasteiger partial charge in [-0.15, -0.1) is 0 Å². The van der Waals surface area contributed by atoms with Crippen LogP contribution in [-0.4, -0.2) is 13.6 Å². The Balaban J connectivity index is 1.82. The smallest absolute Gasteiger partial charge is 0.0362 e. The zero-order valence-electron chi connectivity index (χ0n) is 15.1. The highest BCUT2D eigenvalue weighted by molar-refractivity contribution is 5.66. The molecule has 0 bridgehead atoms. The van der Waals surface area contributed by atoms with Gasteiger partial charge in [-0.3, -0.25) is 0 Å². The van der Waals surface area contributed by atoms with Crippen LogP contribution in [0.5, 0.6) is 0 Å². The summed E-state index contributed by atoms with van der Waals surface area (Å²) < 4.78 is 0. The van der Waals surface area contributed by atoms with Gasteiger partial charge in [0.15, 0.2) is 0 Å². The summed E-state index contributed by atoms with van der Waals surface area (Å²) in [6.07, 6.45) is 5.45. The summed E-state index contributed by atoms with van der Waals surface area (Å²) in [5, 5.41) is 3.11. The molecule has 1 saturated carbocycles. The Labute approximate surface area is 151 Å². The van der Waals surface area contributed by atoms with Gasteiger partial charge < -0.3 is 11.1 Å². The monoisotopic (exact) mass is 330 g/mol. The second kappa shape index (κ2) is 8.05. The van der Waals surface area contributed by atoms with Crippen LogP contribution in [0, 0.1) is 24.7 Å². The number of benzene rings is 2. The highest BCUT2D eigenvalue weighted by atomic mass is 14.8. The van der Waals surface area contributed by atoms with E-state index in [9.17, 15) is 0 Å². The molecule has 2 aromatic carbocycles. The molecule has 3 rings (SSSR count). The van der Waals surface area contributed by atoms with Crippen molar-refractivity contribution in [1.82, 2.24) is 5.32 Å². The van der Waals surface area contributed by atoms with E-state index in [2.05, 4.69) is 60.5 Å². The molecule has 2 aromatic rings. The van der Waals surface area contributed by atoms with Crippen molar-refractivity contribution < 1.29 is 0 Å². The standard InChI is InChI=1S/C23H26N2/c1-17-15-19(10-9-18-7-8-18)11-12-20(17)16-21-5-3-4-6-22(21)23(24)13-14-25-2/h3-6,11-13,15,18,25H,7-8,14,16,24H2,1-2H3/b23-13+. The average molecular weight is 330 g/mol. The van der Waals surface area contributed by atoms with Crippen LogP contribution in [0.15, 0.2) is 48.5 Å². The number of likely N-dealkylation sites (N-methyl/N-ethyl adjacent to an activating group) is 1. The molecule has 0 spiro atoms. The van der Waals surface area contributed by atoms with Gasteiger partial charge in [-0.1, -0.05) is 42.2 Å². The lowest BCUT2D eigenvalue weighted by Gasteiger charge is -2.12. The summed E-state index contributed by atoms with van der Waals surface area (Å²) in [4.78, 5) is 0. The SMILES string of the molecule is CNC/C=C(/N)c1ccccc1Cc1ccc(C#CC2CC2)cc1C. The van der Waals surface area contributed by atoms with E-state index in [-0.39, 0.29) is 0 Å². The Morgan fingerprint density at radius 1 is 1.20 bits per heavy atom. The molecule has 0 aromatic heterocycles. The number of aryl methyl sites for hydroxylation is 1. The molecule has 25 heavy (non-hydrogen) atoms. The Morgan fingerprint density at radius 2 is 2.00 bits per heavy atom. The van der Waals surface area contributed by atoms with Gasteiger partial charge in [0.05, 0.1) is 0 Å². The largest absolute Gasteiger partial charge is 0.398 e. The van der Waals surface area contributed by atoms with E-state index >= 15 is 0 Å². The molecule has 1 aliphatic carbocycles. The summed E-state index contributed by atoms with van der Waals surface area (Å²) in [5.41, 5.74) is 13.2. The van der Waals surface area contributed by atoms with E-state index in [4.69, 9.17) is 5.73 Å². The summed E-state index contributed by atoms with van der Waals surface area (Å²) in [7, 11) is 1.92. The predicted octanol–water partition coefficient (Wildman–Crippen LogP) is 3.87. The van der Waals surface area contributed by atoms with Crippen LogP contribution < -0.4 is 11.1 Å². The molecular formula is C23H26N2. The van der Waals surface area contributed by atoms with Crippen LogP contribution in [0.3, 0.4) is 0 Å². The van der Waals surface area contributed by atoms with Crippen molar-refractivity contribution in [2.75, 3.05) is 13.6 Å². The zero-order valence-corrected chi connectivity index (χ0v) is 15.1. The molecule has 0 saturated heterocycles. The zero-order chi connectivity index (χ0) is 17.6. The first-order valence-electron chi connectivity index (χ1n) is 8.97. The number of hydrogen-bond acceptors (Lipinski definition) is 2. The van der Waals surface area contributed by atoms with Gasteiger partial charge in [0.25, 0.3) is 0 Å². The van der Waals surface area contributed by atoms with Crippen LogP contribution >= 0.6 is 0 Å². The first-order chi connectivity index (χ1) is 12.2. The number of hydrogen-bond donors (Lipinski definition) is 2. The molecule has 1 aliphatic rings. The van der Waals surface area contributed by atoms with Gasteiger partial charge >= 0.3 is 0 Å². The lowest BCUT2D eigenvalue weighted by Crippen LogP contribution is -2.09. The highest BCUT2D eigenvalue weighted by Crippen LogP contribution is 2.27. The fraction of sp³-hybridized carbons (Fsp3) is 0.304. The third kappa shape index (κ3) is 4.75. The van der Waals surface area contributed by atoms with Gasteiger partial charge in [0, 0.05) is 29.3 Å². The minimum atomic E-state index is 0.638. The van der Waals surface area contributed by atoms with Gasteiger partial charge in [0.1, 0.15) is 0 Å². The van der Waals surface area contributed by atoms with E-state index in [0.717, 1.165) is 29.8 Å². The normalized spacial score (nSPS) is 14.1. The van der Waals surface area contributed by atoms with Crippen molar-refractivity contribution in [3.05, 3.63) is 76.4 Å². The van der Waals surface area contributed by atoms with E-state index in [0.29, 0.717) is 5.92 Å². The van der Waals surface area contributed by atoms with Crippen molar-refractivity contribution in [2.45, 2.75) is 26.2 Å². The number of nitrogens with one attached hydrogen (secondary N) is 1. The van der Waals surface area contributed by atoms with Crippen molar-refractivity contribution in [2.24, 2.45) is 11.7 Å². The quantitative estimate of drug-likeness (QED) is 0.817. The molecule has 128 valence electrons. The maximum atomic E-state index is 6.27. The van der Waals surface area contributed by atoms with Crippen LogP contribution in [0.25, 0.3) is 5.70 Å². The van der Waals surface area contributed by atoms with E-state index in [1.165, 1.54) is 29.5 Å². The fourth-order valence-corrected chi connectivity index (χ4v) is 2.87. The molecule has 0 atom stereocenters. The predicted molar refractivity (Wildman–Crippen MR) is 106 cm³/mol. The van der Waals surface area contributed by atoms with E-state index in [1.54, 1.807) is 0 Å². The van der Waals surface area contributed by atoms with Gasteiger partial charge in [-0.05, 0) is 68.1 Å². The molecular weight excluding hydrogens is 304 g/mol. The van der Waals surface area contributed by atoms with Crippen molar-refractivity contribution in [1.29, 1.82) is 0 Å². The second-order valence-electron chi connectivity index (χ2n) is 6.74.